The first-order chi connectivity index (χ1) is 18.5. The van der Waals surface area contributed by atoms with Gasteiger partial charge in [-0.15, -0.1) is 0 Å². The Morgan fingerprint density at radius 3 is 2.16 bits per heavy atom. The Morgan fingerprint density at radius 1 is 0.842 bits per heavy atom. The predicted octanol–water partition coefficient (Wildman–Crippen LogP) is 3.80. The Bertz CT molecular complexity index is 1260. The maximum Gasteiger partial charge on any atom is 0.319 e. The highest BCUT2D eigenvalue weighted by molar-refractivity contribution is 5.97. The summed E-state index contributed by atoms with van der Waals surface area (Å²) < 4.78 is 5.19. The van der Waals surface area contributed by atoms with E-state index in [-0.39, 0.29) is 36.6 Å². The normalized spacial score (nSPS) is 13.3. The van der Waals surface area contributed by atoms with E-state index in [1.807, 2.05) is 36.4 Å². The van der Waals surface area contributed by atoms with Crippen LogP contribution in [0.5, 0.6) is 5.75 Å². The van der Waals surface area contributed by atoms with E-state index >= 15 is 0 Å². The van der Waals surface area contributed by atoms with Crippen LogP contribution in [0.2, 0.25) is 0 Å². The molecule has 1 saturated carbocycles. The van der Waals surface area contributed by atoms with Gasteiger partial charge in [-0.2, -0.15) is 0 Å². The van der Waals surface area contributed by atoms with E-state index in [2.05, 4.69) is 31.2 Å². The van der Waals surface area contributed by atoms with Crippen molar-refractivity contribution in [3.05, 3.63) is 83.4 Å². The first-order valence-electron chi connectivity index (χ1n) is 12.7. The summed E-state index contributed by atoms with van der Waals surface area (Å²) in [5.74, 6) is -0.146. The summed E-state index contributed by atoms with van der Waals surface area (Å²) in [5.41, 5.74) is 2.57. The number of urea groups is 1. The monoisotopic (exact) mass is 516 g/mol. The molecule has 198 valence electrons. The number of hydrogen-bond donors (Lipinski definition) is 4. The standard InChI is InChI=1S/C28H32N6O4/c1-38-23-9-5-6-20(14-23)17-30-27(36)25-15-24(31-18-32-25)26(35)29-16-19-10-12-22(13-11-19)34-28(37)33-21-7-3-2-4-8-21/h5-6,9-15,18,21H,2-4,7-8,16-17H2,1H3,(H,29,35)(H,30,36)(H2,33,34,37). The smallest absolute Gasteiger partial charge is 0.319 e. The van der Waals surface area contributed by atoms with E-state index in [9.17, 15) is 14.4 Å². The molecule has 0 aliphatic heterocycles. The van der Waals surface area contributed by atoms with Crippen LogP contribution >= 0.6 is 0 Å². The van der Waals surface area contributed by atoms with Gasteiger partial charge in [0.15, 0.2) is 0 Å². The van der Waals surface area contributed by atoms with Crippen LogP contribution in [-0.4, -0.2) is 41.0 Å². The Kier molecular flexibility index (Phi) is 9.22. The molecule has 38 heavy (non-hydrogen) atoms. The number of methoxy groups -OCH3 is 1. The number of aromatic nitrogens is 2. The fourth-order valence-corrected chi connectivity index (χ4v) is 4.24. The van der Waals surface area contributed by atoms with Gasteiger partial charge in [-0.05, 0) is 48.2 Å². The van der Waals surface area contributed by atoms with Crippen LogP contribution in [0.1, 0.15) is 64.2 Å². The molecular formula is C28H32N6O4. The molecule has 0 atom stereocenters. The highest BCUT2D eigenvalue weighted by atomic mass is 16.5. The lowest BCUT2D eigenvalue weighted by Crippen LogP contribution is -2.39. The van der Waals surface area contributed by atoms with Crippen LogP contribution < -0.4 is 26.0 Å². The third-order valence-corrected chi connectivity index (χ3v) is 6.32. The van der Waals surface area contributed by atoms with Crippen molar-refractivity contribution in [1.82, 2.24) is 25.9 Å². The quantitative estimate of drug-likeness (QED) is 0.342. The van der Waals surface area contributed by atoms with Crippen molar-refractivity contribution >= 4 is 23.5 Å². The second-order valence-corrected chi connectivity index (χ2v) is 9.14. The molecular weight excluding hydrogens is 484 g/mol. The molecule has 1 aliphatic carbocycles. The molecule has 4 N–H and O–H groups in total. The molecule has 1 aliphatic rings. The number of nitrogens with one attached hydrogen (secondary N) is 4. The SMILES string of the molecule is COc1cccc(CNC(=O)c2cc(C(=O)NCc3ccc(NC(=O)NC4CCCCC4)cc3)ncn2)c1. The van der Waals surface area contributed by atoms with Gasteiger partial charge in [0, 0.05) is 30.9 Å². The molecule has 10 nitrogen and oxygen atoms in total. The van der Waals surface area contributed by atoms with Gasteiger partial charge < -0.3 is 26.0 Å². The summed E-state index contributed by atoms with van der Waals surface area (Å²) in [7, 11) is 1.58. The van der Waals surface area contributed by atoms with Crippen LogP contribution in [0.4, 0.5) is 10.5 Å². The number of carbonyl (C=O) groups excluding carboxylic acids is 3. The fourth-order valence-electron chi connectivity index (χ4n) is 4.24. The Balaban J connectivity index is 1.25. The van der Waals surface area contributed by atoms with E-state index in [4.69, 9.17) is 4.74 Å². The highest BCUT2D eigenvalue weighted by Crippen LogP contribution is 2.18. The van der Waals surface area contributed by atoms with Gasteiger partial charge in [0.1, 0.15) is 23.5 Å². The van der Waals surface area contributed by atoms with Gasteiger partial charge in [0.25, 0.3) is 11.8 Å². The van der Waals surface area contributed by atoms with Gasteiger partial charge in [0.2, 0.25) is 0 Å². The number of benzene rings is 2. The molecule has 0 spiro atoms. The number of ether oxygens (including phenoxy) is 1. The number of anilines is 1. The van der Waals surface area contributed by atoms with Crippen molar-refractivity contribution in [3.63, 3.8) is 0 Å². The van der Waals surface area contributed by atoms with Gasteiger partial charge >= 0.3 is 6.03 Å². The fraction of sp³-hybridized carbons (Fsp3) is 0.321. The van der Waals surface area contributed by atoms with Gasteiger partial charge in [-0.25, -0.2) is 14.8 Å². The van der Waals surface area contributed by atoms with Crippen molar-refractivity contribution in [2.24, 2.45) is 0 Å². The Morgan fingerprint density at radius 2 is 1.50 bits per heavy atom. The molecule has 0 unspecified atom stereocenters. The molecule has 0 saturated heterocycles. The summed E-state index contributed by atoms with van der Waals surface area (Å²) in [6, 6.07) is 16.0. The minimum Gasteiger partial charge on any atom is -0.497 e. The van der Waals surface area contributed by atoms with Crippen molar-refractivity contribution in [2.45, 2.75) is 51.2 Å². The minimum atomic E-state index is -0.427. The van der Waals surface area contributed by atoms with Crippen LogP contribution in [-0.2, 0) is 13.1 Å². The summed E-state index contributed by atoms with van der Waals surface area (Å²) in [6.07, 6.45) is 6.77. The molecule has 0 bridgehead atoms. The minimum absolute atomic E-state index is 0.0872. The van der Waals surface area contributed by atoms with E-state index < -0.39 is 11.8 Å². The zero-order valence-electron chi connectivity index (χ0n) is 21.3. The lowest BCUT2D eigenvalue weighted by Gasteiger charge is -2.22. The number of hydrogen-bond acceptors (Lipinski definition) is 6. The van der Waals surface area contributed by atoms with E-state index in [0.29, 0.717) is 11.4 Å². The van der Waals surface area contributed by atoms with E-state index in [1.165, 1.54) is 18.8 Å². The lowest BCUT2D eigenvalue weighted by molar-refractivity contribution is 0.0944. The highest BCUT2D eigenvalue weighted by Gasteiger charge is 2.16. The Hall–Kier alpha value is -4.47. The number of rotatable bonds is 9. The van der Waals surface area contributed by atoms with E-state index in [0.717, 1.165) is 36.8 Å². The average Bonchev–Trinajstić information content (AvgIpc) is 2.96. The molecule has 4 amide bonds. The van der Waals surface area contributed by atoms with Gasteiger partial charge in [-0.3, -0.25) is 9.59 Å². The first kappa shape index (κ1) is 26.6. The summed E-state index contributed by atoms with van der Waals surface area (Å²) in [4.78, 5) is 45.4. The first-order valence-corrected chi connectivity index (χ1v) is 12.7. The molecule has 4 rings (SSSR count). The van der Waals surface area contributed by atoms with Gasteiger partial charge in [0.05, 0.1) is 7.11 Å². The second kappa shape index (κ2) is 13.2. The maximum absolute atomic E-state index is 12.6. The predicted molar refractivity (Wildman–Crippen MR) is 143 cm³/mol. The molecule has 10 heteroatoms. The largest absolute Gasteiger partial charge is 0.497 e. The maximum atomic E-state index is 12.6. The van der Waals surface area contributed by atoms with Crippen LogP contribution in [0, 0.1) is 0 Å². The number of amides is 4. The third-order valence-electron chi connectivity index (χ3n) is 6.32. The van der Waals surface area contributed by atoms with E-state index in [1.54, 1.807) is 19.2 Å². The molecule has 1 fully saturated rings. The lowest BCUT2D eigenvalue weighted by atomic mass is 9.96. The average molecular weight is 517 g/mol. The van der Waals surface area contributed by atoms with Crippen LogP contribution in [0.25, 0.3) is 0 Å². The summed E-state index contributed by atoms with van der Waals surface area (Å²) >= 11 is 0. The molecule has 1 aromatic heterocycles. The van der Waals surface area contributed by atoms with Crippen molar-refractivity contribution < 1.29 is 19.1 Å². The molecule has 3 aromatic rings. The number of carbonyl (C=O) groups is 3. The molecule has 2 aromatic carbocycles. The van der Waals surface area contributed by atoms with Crippen molar-refractivity contribution in [1.29, 1.82) is 0 Å². The second-order valence-electron chi connectivity index (χ2n) is 9.14. The summed E-state index contributed by atoms with van der Waals surface area (Å²) in [6.45, 7) is 0.545. The zero-order chi connectivity index (χ0) is 26.7. The molecule has 1 heterocycles. The molecule has 0 radical (unpaired) electrons. The number of nitrogens with zero attached hydrogens (tertiary/aromatic N) is 2. The Labute approximate surface area is 221 Å². The topological polar surface area (TPSA) is 134 Å². The summed E-state index contributed by atoms with van der Waals surface area (Å²) in [5, 5.41) is 11.4. The van der Waals surface area contributed by atoms with Crippen molar-refractivity contribution in [2.75, 3.05) is 12.4 Å². The third kappa shape index (κ3) is 7.76. The van der Waals surface area contributed by atoms with Crippen molar-refractivity contribution in [3.8, 4) is 5.75 Å². The van der Waals surface area contributed by atoms with Gasteiger partial charge in [-0.1, -0.05) is 43.5 Å². The van der Waals surface area contributed by atoms with Crippen LogP contribution in [0.3, 0.4) is 0 Å². The zero-order valence-corrected chi connectivity index (χ0v) is 21.3. The van der Waals surface area contributed by atoms with Crippen LogP contribution in [0.15, 0.2) is 60.9 Å².